The fourth-order valence-corrected chi connectivity index (χ4v) is 1.98. The smallest absolute Gasteiger partial charge is 0.325 e. The maximum Gasteiger partial charge on any atom is 0.325 e. The average Bonchev–Trinajstić information content (AvgIpc) is 2.46. The minimum Gasteiger partial charge on any atom is -0.504 e. The molecule has 0 saturated heterocycles. The van der Waals surface area contributed by atoms with E-state index in [1.807, 2.05) is 0 Å². The van der Waals surface area contributed by atoms with Crippen LogP contribution in [0.2, 0.25) is 0 Å². The van der Waals surface area contributed by atoms with Gasteiger partial charge in [-0.3, -0.25) is 9.59 Å². The SMILES string of the molecule is COc1c(O)c(C)cc2oc(NC(C)C(=O)O)c(O)c(=O)c12. The summed E-state index contributed by atoms with van der Waals surface area (Å²) in [5, 5.41) is 31.0. The summed E-state index contributed by atoms with van der Waals surface area (Å²) in [6.45, 7) is 2.91. The van der Waals surface area contributed by atoms with Gasteiger partial charge in [0.2, 0.25) is 17.1 Å². The van der Waals surface area contributed by atoms with Gasteiger partial charge in [-0.25, -0.2) is 0 Å². The molecular weight excluding hydrogens is 294 g/mol. The van der Waals surface area contributed by atoms with Gasteiger partial charge < -0.3 is 29.8 Å². The molecule has 1 heterocycles. The lowest BCUT2D eigenvalue weighted by molar-refractivity contribution is -0.137. The molecule has 0 aliphatic carbocycles. The number of aliphatic carboxylic acids is 1. The van der Waals surface area contributed by atoms with Crippen LogP contribution >= 0.6 is 0 Å². The van der Waals surface area contributed by atoms with E-state index >= 15 is 0 Å². The monoisotopic (exact) mass is 309 g/mol. The lowest BCUT2D eigenvalue weighted by atomic mass is 10.1. The number of carboxylic acids is 1. The lowest BCUT2D eigenvalue weighted by Crippen LogP contribution is -2.26. The number of ether oxygens (including phenoxy) is 1. The number of nitrogens with one attached hydrogen (secondary N) is 1. The highest BCUT2D eigenvalue weighted by Crippen LogP contribution is 2.38. The van der Waals surface area contributed by atoms with Gasteiger partial charge in [0.15, 0.2) is 11.5 Å². The number of hydrogen-bond donors (Lipinski definition) is 4. The topological polar surface area (TPSA) is 129 Å². The maximum absolute atomic E-state index is 12.3. The molecule has 2 rings (SSSR count). The molecular formula is C14H15NO7. The van der Waals surface area contributed by atoms with Gasteiger partial charge in [-0.2, -0.15) is 0 Å². The van der Waals surface area contributed by atoms with Gasteiger partial charge in [-0.15, -0.1) is 0 Å². The van der Waals surface area contributed by atoms with E-state index < -0.39 is 23.2 Å². The molecule has 0 aliphatic rings. The molecule has 0 spiro atoms. The number of anilines is 1. The van der Waals surface area contributed by atoms with Crippen molar-refractivity contribution in [1.29, 1.82) is 0 Å². The van der Waals surface area contributed by atoms with E-state index in [2.05, 4.69) is 5.32 Å². The first kappa shape index (κ1) is 15.5. The highest BCUT2D eigenvalue weighted by atomic mass is 16.5. The molecule has 0 aliphatic heterocycles. The third-order valence-corrected chi connectivity index (χ3v) is 3.20. The Morgan fingerprint density at radius 2 is 2.00 bits per heavy atom. The molecule has 1 unspecified atom stereocenters. The van der Waals surface area contributed by atoms with Crippen LogP contribution in [0.3, 0.4) is 0 Å². The van der Waals surface area contributed by atoms with E-state index in [-0.39, 0.29) is 28.4 Å². The summed E-state index contributed by atoms with van der Waals surface area (Å²) in [7, 11) is 1.27. The van der Waals surface area contributed by atoms with Crippen LogP contribution in [0.5, 0.6) is 17.2 Å². The zero-order valence-corrected chi connectivity index (χ0v) is 12.1. The van der Waals surface area contributed by atoms with Crippen LogP contribution in [0.15, 0.2) is 15.3 Å². The van der Waals surface area contributed by atoms with Gasteiger partial charge in [-0.05, 0) is 25.5 Å². The van der Waals surface area contributed by atoms with E-state index in [1.165, 1.54) is 20.1 Å². The van der Waals surface area contributed by atoms with Gasteiger partial charge in [0.05, 0.1) is 7.11 Å². The van der Waals surface area contributed by atoms with Crippen LogP contribution < -0.4 is 15.5 Å². The summed E-state index contributed by atoms with van der Waals surface area (Å²) >= 11 is 0. The Balaban J connectivity index is 2.75. The van der Waals surface area contributed by atoms with Crippen molar-refractivity contribution in [3.05, 3.63) is 21.9 Å². The predicted molar refractivity (Wildman–Crippen MR) is 77.8 cm³/mol. The molecule has 2 aromatic rings. The number of aryl methyl sites for hydroxylation is 1. The Kier molecular flexibility index (Phi) is 3.85. The summed E-state index contributed by atoms with van der Waals surface area (Å²) in [5.41, 5.74) is -0.390. The van der Waals surface area contributed by atoms with Crippen LogP contribution in [0.1, 0.15) is 12.5 Å². The number of carboxylic acid groups (broad SMARTS) is 1. The molecule has 0 fully saturated rings. The van der Waals surface area contributed by atoms with Gasteiger partial charge in [0.25, 0.3) is 0 Å². The van der Waals surface area contributed by atoms with E-state index in [4.69, 9.17) is 14.3 Å². The summed E-state index contributed by atoms with van der Waals surface area (Å²) in [6, 6.07) is 0.316. The zero-order chi connectivity index (χ0) is 16.6. The van der Waals surface area contributed by atoms with Crippen molar-refractivity contribution in [2.24, 2.45) is 0 Å². The van der Waals surface area contributed by atoms with Crippen molar-refractivity contribution < 1.29 is 29.3 Å². The second-order valence-corrected chi connectivity index (χ2v) is 4.76. The molecule has 118 valence electrons. The highest BCUT2D eigenvalue weighted by molar-refractivity contribution is 5.90. The normalized spacial score (nSPS) is 12.1. The maximum atomic E-state index is 12.3. The predicted octanol–water partition coefficient (Wildman–Crippen LogP) is 1.41. The Hall–Kier alpha value is -2.90. The van der Waals surface area contributed by atoms with Gasteiger partial charge in [0.1, 0.15) is 17.0 Å². The Bertz CT molecular complexity index is 809. The van der Waals surface area contributed by atoms with Crippen LogP contribution in [-0.4, -0.2) is 34.4 Å². The summed E-state index contributed by atoms with van der Waals surface area (Å²) < 4.78 is 10.4. The van der Waals surface area contributed by atoms with Gasteiger partial charge in [0, 0.05) is 0 Å². The summed E-state index contributed by atoms with van der Waals surface area (Å²) in [6.07, 6.45) is 0. The number of phenols is 1. The van der Waals surface area contributed by atoms with Crippen molar-refractivity contribution in [2.75, 3.05) is 12.4 Å². The lowest BCUT2D eigenvalue weighted by Gasteiger charge is -2.14. The standard InChI is InChI=1S/C14H15NO7/c1-5-4-7-8(12(21-3)9(5)16)10(17)11(18)13(22-7)15-6(2)14(19)20/h4,6,15-16,18H,1-3H3,(H,19,20). The highest BCUT2D eigenvalue weighted by Gasteiger charge is 2.22. The molecule has 22 heavy (non-hydrogen) atoms. The van der Waals surface area contributed by atoms with E-state index in [9.17, 15) is 19.8 Å². The first-order valence-electron chi connectivity index (χ1n) is 6.33. The van der Waals surface area contributed by atoms with E-state index in [0.29, 0.717) is 5.56 Å². The molecule has 1 aromatic carbocycles. The Labute approximate surface area is 124 Å². The van der Waals surface area contributed by atoms with Gasteiger partial charge >= 0.3 is 5.97 Å². The third-order valence-electron chi connectivity index (χ3n) is 3.20. The van der Waals surface area contributed by atoms with Crippen molar-refractivity contribution in [3.8, 4) is 17.2 Å². The fourth-order valence-electron chi connectivity index (χ4n) is 1.98. The zero-order valence-electron chi connectivity index (χ0n) is 12.1. The second-order valence-electron chi connectivity index (χ2n) is 4.76. The van der Waals surface area contributed by atoms with Gasteiger partial charge in [-0.1, -0.05) is 0 Å². The Morgan fingerprint density at radius 1 is 1.36 bits per heavy atom. The number of aromatic hydroxyl groups is 2. The largest absolute Gasteiger partial charge is 0.504 e. The molecule has 0 bridgehead atoms. The molecule has 0 saturated carbocycles. The summed E-state index contributed by atoms with van der Waals surface area (Å²) in [4.78, 5) is 23.1. The van der Waals surface area contributed by atoms with Crippen LogP contribution in [0, 0.1) is 6.92 Å². The van der Waals surface area contributed by atoms with Crippen LogP contribution in [0.4, 0.5) is 5.88 Å². The van der Waals surface area contributed by atoms with Crippen molar-refractivity contribution >= 4 is 22.8 Å². The minimum atomic E-state index is -1.18. The number of methoxy groups -OCH3 is 1. The van der Waals surface area contributed by atoms with Crippen LogP contribution in [-0.2, 0) is 4.79 Å². The quantitative estimate of drug-likeness (QED) is 0.667. The number of phenolic OH excluding ortho intramolecular Hbond substituents is 1. The number of carbonyl (C=O) groups is 1. The number of hydrogen-bond acceptors (Lipinski definition) is 7. The molecule has 0 amide bonds. The van der Waals surface area contributed by atoms with Crippen molar-refractivity contribution in [1.82, 2.24) is 0 Å². The van der Waals surface area contributed by atoms with Crippen molar-refractivity contribution in [3.63, 3.8) is 0 Å². The number of benzene rings is 1. The molecule has 0 radical (unpaired) electrons. The average molecular weight is 309 g/mol. The minimum absolute atomic E-state index is 0.0510. The molecule has 1 aromatic heterocycles. The third kappa shape index (κ3) is 2.39. The van der Waals surface area contributed by atoms with Crippen molar-refractivity contribution in [2.45, 2.75) is 19.9 Å². The van der Waals surface area contributed by atoms with E-state index in [1.54, 1.807) is 6.92 Å². The molecule has 4 N–H and O–H groups in total. The molecule has 1 atom stereocenters. The van der Waals surface area contributed by atoms with E-state index in [0.717, 1.165) is 0 Å². The Morgan fingerprint density at radius 3 is 2.55 bits per heavy atom. The molecule has 8 heteroatoms. The summed E-state index contributed by atoms with van der Waals surface area (Å²) in [5.74, 6) is -2.68. The second kappa shape index (κ2) is 5.47. The first-order valence-corrected chi connectivity index (χ1v) is 6.33. The number of fused-ring (bicyclic) bond motifs is 1. The first-order chi connectivity index (χ1) is 10.3. The number of rotatable bonds is 4. The fraction of sp³-hybridized carbons (Fsp3) is 0.286. The molecule has 8 nitrogen and oxygen atoms in total. The van der Waals surface area contributed by atoms with Crippen LogP contribution in [0.25, 0.3) is 11.0 Å².